The van der Waals surface area contributed by atoms with Crippen LogP contribution >= 0.6 is 34.5 Å². The molecule has 2 aromatic heterocycles. The number of carbonyl (C=O) groups is 1. The molecule has 0 aliphatic rings. The quantitative estimate of drug-likeness (QED) is 0.654. The molecule has 0 aliphatic heterocycles. The highest BCUT2D eigenvalue weighted by molar-refractivity contribution is 7.12. The van der Waals surface area contributed by atoms with Gasteiger partial charge in [0.1, 0.15) is 6.33 Å². The molecule has 1 aromatic carbocycles. The molecule has 0 saturated carbocycles. The number of halogens is 2. The molecule has 26 heavy (non-hydrogen) atoms. The first-order chi connectivity index (χ1) is 12.5. The van der Waals surface area contributed by atoms with E-state index in [2.05, 4.69) is 15.4 Å². The molecule has 0 spiro atoms. The molecule has 0 bridgehead atoms. The van der Waals surface area contributed by atoms with Gasteiger partial charge in [-0.2, -0.15) is 5.10 Å². The third kappa shape index (κ3) is 4.24. The molecule has 1 atom stereocenters. The van der Waals surface area contributed by atoms with E-state index in [0.29, 0.717) is 33.7 Å². The Kier molecular flexibility index (Phi) is 5.93. The maximum Gasteiger partial charge on any atom is 0.261 e. The predicted octanol–water partition coefficient (Wildman–Crippen LogP) is 3.15. The topological polar surface area (TPSA) is 85.8 Å². The van der Waals surface area contributed by atoms with E-state index in [9.17, 15) is 4.79 Å². The lowest BCUT2D eigenvalue weighted by Gasteiger charge is -2.17. The Hall–Kier alpha value is -1.93. The van der Waals surface area contributed by atoms with E-state index in [-0.39, 0.29) is 11.9 Å². The highest BCUT2D eigenvalue weighted by Gasteiger charge is 2.17. The molecule has 0 radical (unpaired) electrons. The number of carbonyl (C=O) groups excluding carboxylic acids is 1. The number of hydrogen-bond acceptors (Lipinski definition) is 5. The summed E-state index contributed by atoms with van der Waals surface area (Å²) in [6.07, 6.45) is 2.01. The molecule has 9 heteroatoms. The van der Waals surface area contributed by atoms with E-state index in [1.165, 1.54) is 17.7 Å². The van der Waals surface area contributed by atoms with Crippen LogP contribution in [-0.4, -0.2) is 33.3 Å². The molecule has 136 valence electrons. The fourth-order valence-electron chi connectivity index (χ4n) is 2.53. The summed E-state index contributed by atoms with van der Waals surface area (Å²) >= 11 is 13.5. The fraction of sp³-hybridized carbons (Fsp3) is 0.235. The lowest BCUT2D eigenvalue weighted by Crippen LogP contribution is -2.41. The van der Waals surface area contributed by atoms with Crippen molar-refractivity contribution < 1.29 is 4.79 Å². The normalized spacial score (nSPS) is 12.2. The lowest BCUT2D eigenvalue weighted by molar-refractivity contribution is 0.0942. The van der Waals surface area contributed by atoms with E-state index >= 15 is 0 Å². The zero-order valence-corrected chi connectivity index (χ0v) is 16.3. The molecule has 1 amide bonds. The Morgan fingerprint density at radius 3 is 2.85 bits per heavy atom. The van der Waals surface area contributed by atoms with E-state index in [1.54, 1.807) is 29.9 Å². The first-order valence-corrected chi connectivity index (χ1v) is 9.49. The predicted molar refractivity (Wildman–Crippen MR) is 105 cm³/mol. The van der Waals surface area contributed by atoms with Gasteiger partial charge in [-0.25, -0.2) is 9.67 Å². The van der Waals surface area contributed by atoms with Gasteiger partial charge in [0, 0.05) is 40.6 Å². The van der Waals surface area contributed by atoms with Crippen LogP contribution in [0.2, 0.25) is 10.0 Å². The largest absolute Gasteiger partial charge is 0.347 e. The number of aromatic nitrogens is 3. The molecular weight excluding hydrogens is 393 g/mol. The summed E-state index contributed by atoms with van der Waals surface area (Å²) in [5.41, 5.74) is 7.57. The second-order valence-corrected chi connectivity index (χ2v) is 7.51. The zero-order valence-electron chi connectivity index (χ0n) is 13.9. The average Bonchev–Trinajstić information content (AvgIpc) is 3.25. The number of nitrogens with one attached hydrogen (secondary N) is 1. The van der Waals surface area contributed by atoms with Gasteiger partial charge in [-0.3, -0.25) is 4.79 Å². The molecule has 0 aliphatic carbocycles. The number of aryl methyl sites for hydroxylation is 1. The number of nitrogens with two attached hydrogens (primary N) is 1. The van der Waals surface area contributed by atoms with Crippen molar-refractivity contribution in [2.45, 2.75) is 12.5 Å². The Morgan fingerprint density at radius 2 is 2.19 bits per heavy atom. The Morgan fingerprint density at radius 1 is 1.38 bits per heavy atom. The van der Waals surface area contributed by atoms with Crippen LogP contribution in [0.4, 0.5) is 0 Å². The number of benzene rings is 1. The van der Waals surface area contributed by atoms with Gasteiger partial charge >= 0.3 is 0 Å². The second-order valence-electron chi connectivity index (χ2n) is 5.75. The standard InChI is InChI=1S/C17H17Cl2N5OS/c1-24-16(21-9-22-24)11-5-15(26-8-11)17(25)23-13(7-20)4-10-2-3-12(18)6-14(10)19/h2-3,5-6,8-9,13H,4,7,20H2,1H3,(H,23,25)/t13-/m0/s1. The van der Waals surface area contributed by atoms with Crippen LogP contribution in [0.25, 0.3) is 11.4 Å². The number of nitrogens with zero attached hydrogens (tertiary/aromatic N) is 3. The van der Waals surface area contributed by atoms with Gasteiger partial charge in [0.15, 0.2) is 5.82 Å². The van der Waals surface area contributed by atoms with Gasteiger partial charge in [-0.1, -0.05) is 29.3 Å². The Balaban J connectivity index is 1.70. The van der Waals surface area contributed by atoms with Crippen LogP contribution in [0.5, 0.6) is 0 Å². The zero-order chi connectivity index (χ0) is 18.7. The van der Waals surface area contributed by atoms with Crippen LogP contribution in [-0.2, 0) is 13.5 Å². The first-order valence-electron chi connectivity index (χ1n) is 7.85. The minimum Gasteiger partial charge on any atom is -0.347 e. The van der Waals surface area contributed by atoms with Crippen molar-refractivity contribution in [2.75, 3.05) is 6.54 Å². The SMILES string of the molecule is Cn1ncnc1-c1csc(C(=O)N[C@H](CN)Cc2ccc(Cl)cc2Cl)c1. The van der Waals surface area contributed by atoms with Crippen LogP contribution in [0.3, 0.4) is 0 Å². The summed E-state index contributed by atoms with van der Waals surface area (Å²) in [7, 11) is 1.81. The number of amides is 1. The van der Waals surface area contributed by atoms with Crippen LogP contribution < -0.4 is 11.1 Å². The molecule has 2 heterocycles. The van der Waals surface area contributed by atoms with Crippen molar-refractivity contribution in [1.29, 1.82) is 0 Å². The van der Waals surface area contributed by atoms with Gasteiger partial charge in [-0.05, 0) is 30.2 Å². The van der Waals surface area contributed by atoms with Gasteiger partial charge in [0.05, 0.1) is 4.88 Å². The van der Waals surface area contributed by atoms with Gasteiger partial charge in [0.25, 0.3) is 5.91 Å². The van der Waals surface area contributed by atoms with Crippen molar-refractivity contribution in [3.63, 3.8) is 0 Å². The van der Waals surface area contributed by atoms with E-state index in [4.69, 9.17) is 28.9 Å². The van der Waals surface area contributed by atoms with E-state index in [0.717, 1.165) is 11.1 Å². The lowest BCUT2D eigenvalue weighted by atomic mass is 10.1. The average molecular weight is 410 g/mol. The number of hydrogen-bond donors (Lipinski definition) is 2. The van der Waals surface area contributed by atoms with Gasteiger partial charge < -0.3 is 11.1 Å². The number of rotatable bonds is 6. The second kappa shape index (κ2) is 8.18. The van der Waals surface area contributed by atoms with Crippen molar-refractivity contribution in [2.24, 2.45) is 12.8 Å². The minimum atomic E-state index is -0.235. The molecule has 3 aromatic rings. The van der Waals surface area contributed by atoms with Crippen molar-refractivity contribution >= 4 is 40.4 Å². The monoisotopic (exact) mass is 409 g/mol. The van der Waals surface area contributed by atoms with E-state index < -0.39 is 0 Å². The molecule has 0 fully saturated rings. The summed E-state index contributed by atoms with van der Waals surface area (Å²) in [4.78, 5) is 17.3. The van der Waals surface area contributed by atoms with Crippen molar-refractivity contribution in [3.05, 3.63) is 56.5 Å². The third-order valence-corrected chi connectivity index (χ3v) is 5.41. The van der Waals surface area contributed by atoms with Crippen molar-refractivity contribution in [3.8, 4) is 11.4 Å². The van der Waals surface area contributed by atoms with Crippen LogP contribution in [0.1, 0.15) is 15.2 Å². The van der Waals surface area contributed by atoms with Gasteiger partial charge in [0.2, 0.25) is 0 Å². The summed E-state index contributed by atoms with van der Waals surface area (Å²) in [6.45, 7) is 0.298. The molecule has 6 nitrogen and oxygen atoms in total. The summed E-state index contributed by atoms with van der Waals surface area (Å²) < 4.78 is 1.66. The van der Waals surface area contributed by atoms with Crippen molar-refractivity contribution in [1.82, 2.24) is 20.1 Å². The van der Waals surface area contributed by atoms with Crippen LogP contribution in [0, 0.1) is 0 Å². The van der Waals surface area contributed by atoms with Crippen LogP contribution in [0.15, 0.2) is 36.0 Å². The Labute approximate surface area is 164 Å². The molecule has 0 unspecified atom stereocenters. The highest BCUT2D eigenvalue weighted by atomic mass is 35.5. The fourth-order valence-corrected chi connectivity index (χ4v) is 3.81. The smallest absolute Gasteiger partial charge is 0.261 e. The first kappa shape index (κ1) is 18.8. The van der Waals surface area contributed by atoms with E-state index in [1.807, 2.05) is 11.4 Å². The molecular formula is C17H17Cl2N5OS. The number of thiophene rings is 1. The molecule has 3 N–H and O–H groups in total. The summed E-state index contributed by atoms with van der Waals surface area (Å²) in [6, 6.07) is 6.86. The summed E-state index contributed by atoms with van der Waals surface area (Å²) in [5.74, 6) is 0.535. The maximum absolute atomic E-state index is 12.6. The highest BCUT2D eigenvalue weighted by Crippen LogP contribution is 2.24. The minimum absolute atomic E-state index is 0.177. The molecule has 0 saturated heterocycles. The summed E-state index contributed by atoms with van der Waals surface area (Å²) in [5, 5.41) is 10.0. The molecule has 3 rings (SSSR count). The maximum atomic E-state index is 12.6. The Bertz CT molecular complexity index is 924. The third-order valence-electron chi connectivity index (χ3n) is 3.89. The van der Waals surface area contributed by atoms with Gasteiger partial charge in [-0.15, -0.1) is 11.3 Å².